The van der Waals surface area contributed by atoms with Crippen LogP contribution in [0, 0.1) is 6.92 Å². The summed E-state index contributed by atoms with van der Waals surface area (Å²) in [6, 6.07) is 14.4. The Morgan fingerprint density at radius 3 is 2.50 bits per heavy atom. The first-order chi connectivity index (χ1) is 9.60. The molecule has 0 radical (unpaired) electrons. The van der Waals surface area contributed by atoms with Crippen LogP contribution in [0.25, 0.3) is 0 Å². The Morgan fingerprint density at radius 2 is 1.85 bits per heavy atom. The van der Waals surface area contributed by atoms with E-state index in [9.17, 15) is 0 Å². The summed E-state index contributed by atoms with van der Waals surface area (Å²) >= 11 is 5.89. The van der Waals surface area contributed by atoms with Gasteiger partial charge in [-0.25, -0.2) is 0 Å². The number of hydrogen-bond acceptors (Lipinski definition) is 2. The zero-order valence-electron chi connectivity index (χ0n) is 12.1. The van der Waals surface area contributed by atoms with E-state index in [1.54, 1.807) is 7.11 Å². The molecule has 0 spiro atoms. The van der Waals surface area contributed by atoms with E-state index < -0.39 is 0 Å². The molecule has 0 amide bonds. The molecule has 0 heterocycles. The summed E-state index contributed by atoms with van der Waals surface area (Å²) in [5.74, 6) is 0.923. The minimum absolute atomic E-state index is 0.223. The van der Waals surface area contributed by atoms with Gasteiger partial charge in [-0.3, -0.25) is 0 Å². The van der Waals surface area contributed by atoms with Crippen molar-refractivity contribution in [1.29, 1.82) is 0 Å². The minimum Gasteiger partial charge on any atom is -0.496 e. The largest absolute Gasteiger partial charge is 0.496 e. The molecular weight excluding hydrogens is 270 g/mol. The van der Waals surface area contributed by atoms with Crippen LogP contribution >= 0.6 is 11.6 Å². The Morgan fingerprint density at radius 1 is 1.15 bits per heavy atom. The summed E-state index contributed by atoms with van der Waals surface area (Å²) in [6.07, 6.45) is 0. The molecule has 0 aliphatic carbocycles. The highest BCUT2D eigenvalue weighted by atomic mass is 35.5. The summed E-state index contributed by atoms with van der Waals surface area (Å²) in [6.45, 7) is 5.04. The average molecular weight is 290 g/mol. The van der Waals surface area contributed by atoms with E-state index in [1.165, 1.54) is 16.7 Å². The normalized spacial score (nSPS) is 12.2. The zero-order chi connectivity index (χ0) is 14.5. The lowest BCUT2D eigenvalue weighted by Crippen LogP contribution is -2.18. The van der Waals surface area contributed by atoms with Crippen molar-refractivity contribution < 1.29 is 4.74 Å². The predicted octanol–water partition coefficient (Wildman–Crippen LogP) is 4.51. The lowest BCUT2D eigenvalue weighted by molar-refractivity contribution is 0.401. The van der Waals surface area contributed by atoms with E-state index in [4.69, 9.17) is 16.3 Å². The molecular formula is C17H20ClNO. The van der Waals surface area contributed by atoms with Gasteiger partial charge in [-0.05, 0) is 37.6 Å². The van der Waals surface area contributed by atoms with Crippen LogP contribution in [0.4, 0.5) is 0 Å². The molecule has 0 aromatic heterocycles. The first-order valence-corrected chi connectivity index (χ1v) is 7.10. The van der Waals surface area contributed by atoms with E-state index in [2.05, 4.69) is 31.3 Å². The summed E-state index contributed by atoms with van der Waals surface area (Å²) in [4.78, 5) is 0. The van der Waals surface area contributed by atoms with Crippen molar-refractivity contribution in [3.63, 3.8) is 0 Å². The quantitative estimate of drug-likeness (QED) is 0.874. The molecule has 2 nitrogen and oxygen atoms in total. The topological polar surface area (TPSA) is 21.3 Å². The number of aryl methyl sites for hydroxylation is 1. The van der Waals surface area contributed by atoms with Crippen LogP contribution in [0.5, 0.6) is 5.75 Å². The van der Waals surface area contributed by atoms with Gasteiger partial charge in [0.05, 0.1) is 7.11 Å². The highest BCUT2D eigenvalue weighted by molar-refractivity contribution is 6.30. The summed E-state index contributed by atoms with van der Waals surface area (Å²) in [7, 11) is 1.71. The predicted molar refractivity (Wildman–Crippen MR) is 84.4 cm³/mol. The Bertz CT molecular complexity index is 566. The summed E-state index contributed by atoms with van der Waals surface area (Å²) in [5.41, 5.74) is 3.63. The Kier molecular flexibility index (Phi) is 5.05. The molecule has 0 saturated carbocycles. The van der Waals surface area contributed by atoms with E-state index >= 15 is 0 Å². The van der Waals surface area contributed by atoms with Crippen LogP contribution in [0.15, 0.2) is 42.5 Å². The highest BCUT2D eigenvalue weighted by Gasteiger charge is 2.11. The Balaban J connectivity index is 2.06. The monoisotopic (exact) mass is 289 g/mol. The first kappa shape index (κ1) is 14.9. The maximum absolute atomic E-state index is 5.89. The smallest absolute Gasteiger partial charge is 0.123 e. The summed E-state index contributed by atoms with van der Waals surface area (Å²) < 4.78 is 5.43. The number of hydrogen-bond donors (Lipinski definition) is 1. The van der Waals surface area contributed by atoms with Gasteiger partial charge in [0.2, 0.25) is 0 Å². The van der Waals surface area contributed by atoms with Crippen molar-refractivity contribution in [3.05, 3.63) is 64.2 Å². The molecule has 2 rings (SSSR count). The second-order valence-corrected chi connectivity index (χ2v) is 5.41. The fraction of sp³-hybridized carbons (Fsp3) is 0.294. The molecule has 106 valence electrons. The molecule has 0 fully saturated rings. The minimum atomic E-state index is 0.223. The van der Waals surface area contributed by atoms with Crippen LogP contribution in [0.2, 0.25) is 5.02 Å². The van der Waals surface area contributed by atoms with Gasteiger partial charge in [-0.1, -0.05) is 41.4 Å². The van der Waals surface area contributed by atoms with Crippen LogP contribution < -0.4 is 10.1 Å². The molecule has 2 aromatic rings. The molecule has 20 heavy (non-hydrogen) atoms. The van der Waals surface area contributed by atoms with Gasteiger partial charge in [-0.15, -0.1) is 0 Å². The second-order valence-electron chi connectivity index (χ2n) is 4.97. The molecule has 2 aromatic carbocycles. The molecule has 1 atom stereocenters. The van der Waals surface area contributed by atoms with E-state index in [1.807, 2.05) is 30.3 Å². The number of nitrogens with one attached hydrogen (secondary N) is 1. The average Bonchev–Trinajstić information content (AvgIpc) is 2.46. The van der Waals surface area contributed by atoms with Crippen molar-refractivity contribution >= 4 is 11.6 Å². The fourth-order valence-corrected chi connectivity index (χ4v) is 2.30. The number of halogens is 1. The van der Waals surface area contributed by atoms with Gasteiger partial charge >= 0.3 is 0 Å². The van der Waals surface area contributed by atoms with Gasteiger partial charge in [0, 0.05) is 23.2 Å². The van der Waals surface area contributed by atoms with Crippen molar-refractivity contribution in [2.45, 2.75) is 26.4 Å². The van der Waals surface area contributed by atoms with Crippen molar-refractivity contribution in [2.75, 3.05) is 7.11 Å². The third-order valence-electron chi connectivity index (χ3n) is 3.38. The van der Waals surface area contributed by atoms with E-state index in [0.717, 1.165) is 17.3 Å². The molecule has 1 unspecified atom stereocenters. The number of methoxy groups -OCH3 is 1. The van der Waals surface area contributed by atoms with E-state index in [-0.39, 0.29) is 6.04 Å². The standard InChI is InChI=1S/C17H20ClNO/c1-12-4-9-17(20-3)16(10-12)13(2)19-11-14-5-7-15(18)8-6-14/h4-10,13,19H,11H2,1-3H3. The number of benzene rings is 2. The lowest BCUT2D eigenvalue weighted by atomic mass is 10.0. The second kappa shape index (κ2) is 6.78. The Labute approximate surface area is 125 Å². The number of rotatable bonds is 5. The molecule has 0 aliphatic heterocycles. The highest BCUT2D eigenvalue weighted by Crippen LogP contribution is 2.26. The van der Waals surface area contributed by atoms with Crippen LogP contribution in [-0.2, 0) is 6.54 Å². The number of ether oxygens (including phenoxy) is 1. The van der Waals surface area contributed by atoms with Gasteiger partial charge in [0.15, 0.2) is 0 Å². The molecule has 0 saturated heterocycles. The zero-order valence-corrected chi connectivity index (χ0v) is 12.9. The molecule has 0 bridgehead atoms. The van der Waals surface area contributed by atoms with E-state index in [0.29, 0.717) is 0 Å². The fourth-order valence-electron chi connectivity index (χ4n) is 2.18. The maximum atomic E-state index is 5.89. The third kappa shape index (κ3) is 3.75. The Hall–Kier alpha value is -1.51. The van der Waals surface area contributed by atoms with Crippen LogP contribution in [-0.4, -0.2) is 7.11 Å². The molecule has 1 N–H and O–H groups in total. The SMILES string of the molecule is COc1ccc(C)cc1C(C)NCc1ccc(Cl)cc1. The van der Waals surface area contributed by atoms with Crippen molar-refractivity contribution in [2.24, 2.45) is 0 Å². The van der Waals surface area contributed by atoms with Crippen LogP contribution in [0.3, 0.4) is 0 Å². The molecule has 0 aliphatic rings. The first-order valence-electron chi connectivity index (χ1n) is 6.72. The molecule has 3 heteroatoms. The van der Waals surface area contributed by atoms with Gasteiger partial charge in [0.25, 0.3) is 0 Å². The maximum Gasteiger partial charge on any atom is 0.123 e. The lowest BCUT2D eigenvalue weighted by Gasteiger charge is -2.18. The van der Waals surface area contributed by atoms with Gasteiger partial charge < -0.3 is 10.1 Å². The summed E-state index contributed by atoms with van der Waals surface area (Å²) in [5, 5.41) is 4.28. The third-order valence-corrected chi connectivity index (χ3v) is 3.63. The van der Waals surface area contributed by atoms with Gasteiger partial charge in [-0.2, -0.15) is 0 Å². The van der Waals surface area contributed by atoms with Crippen molar-refractivity contribution in [3.8, 4) is 5.75 Å². The van der Waals surface area contributed by atoms with Crippen molar-refractivity contribution in [1.82, 2.24) is 5.32 Å². The van der Waals surface area contributed by atoms with Gasteiger partial charge in [0.1, 0.15) is 5.75 Å². The van der Waals surface area contributed by atoms with Crippen LogP contribution in [0.1, 0.15) is 29.7 Å².